The molecule has 2 aromatic rings. The van der Waals surface area contributed by atoms with E-state index >= 15 is 0 Å². The molecule has 0 spiro atoms. The predicted molar refractivity (Wildman–Crippen MR) is 77.1 cm³/mol. The Balaban J connectivity index is 2.26. The number of nitrogens with two attached hydrogens (primary N) is 1. The molecule has 1 aromatic carbocycles. The maximum absolute atomic E-state index is 12.1. The normalized spacial score (nSPS) is 10.2. The van der Waals surface area contributed by atoms with Crippen LogP contribution in [0.3, 0.4) is 0 Å². The molecular formula is C15H16N2O4. The molecule has 0 fully saturated rings. The van der Waals surface area contributed by atoms with Crippen LogP contribution in [0.4, 0.5) is 5.69 Å². The molecule has 1 aromatic heterocycles. The molecule has 6 heteroatoms. The third kappa shape index (κ3) is 3.29. The zero-order chi connectivity index (χ0) is 15.4. The van der Waals surface area contributed by atoms with Gasteiger partial charge in [-0.1, -0.05) is 11.6 Å². The van der Waals surface area contributed by atoms with Crippen LogP contribution in [0.2, 0.25) is 0 Å². The lowest BCUT2D eigenvalue weighted by Gasteiger charge is -2.09. The number of hydrogen-bond acceptors (Lipinski definition) is 5. The molecule has 0 radical (unpaired) electrons. The molecule has 0 saturated heterocycles. The number of carbonyl (C=O) groups is 2. The van der Waals surface area contributed by atoms with Crippen LogP contribution in [0.5, 0.6) is 0 Å². The third-order valence-corrected chi connectivity index (χ3v) is 2.92. The highest BCUT2D eigenvalue weighted by Gasteiger charge is 2.17. The third-order valence-electron chi connectivity index (χ3n) is 2.92. The van der Waals surface area contributed by atoms with Gasteiger partial charge in [-0.25, -0.2) is 4.79 Å². The fourth-order valence-electron chi connectivity index (χ4n) is 1.84. The Morgan fingerprint density at radius 1 is 1.29 bits per heavy atom. The van der Waals surface area contributed by atoms with E-state index in [4.69, 9.17) is 14.9 Å². The SMILES string of the molecule is COC(=O)c1cc(C)ccc1NC(=O)c1ccc(CN)o1. The van der Waals surface area contributed by atoms with Gasteiger partial charge in [0.05, 0.1) is 24.9 Å². The quantitative estimate of drug-likeness (QED) is 0.840. The lowest BCUT2D eigenvalue weighted by molar-refractivity contribution is 0.0602. The number of methoxy groups -OCH3 is 1. The van der Waals surface area contributed by atoms with Crippen molar-refractivity contribution in [3.8, 4) is 0 Å². The lowest BCUT2D eigenvalue weighted by Crippen LogP contribution is -2.15. The van der Waals surface area contributed by atoms with Crippen molar-refractivity contribution in [2.75, 3.05) is 12.4 Å². The minimum Gasteiger partial charge on any atom is -0.465 e. The summed E-state index contributed by atoms with van der Waals surface area (Å²) in [6.07, 6.45) is 0. The van der Waals surface area contributed by atoms with Crippen LogP contribution in [-0.4, -0.2) is 19.0 Å². The molecule has 0 atom stereocenters. The minimum atomic E-state index is -0.518. The summed E-state index contributed by atoms with van der Waals surface area (Å²) in [5.74, 6) is -0.330. The average Bonchev–Trinajstić information content (AvgIpc) is 2.97. The smallest absolute Gasteiger partial charge is 0.339 e. The molecule has 21 heavy (non-hydrogen) atoms. The van der Waals surface area contributed by atoms with E-state index in [0.717, 1.165) is 5.56 Å². The van der Waals surface area contributed by atoms with Crippen molar-refractivity contribution in [2.45, 2.75) is 13.5 Å². The van der Waals surface area contributed by atoms with E-state index in [-0.39, 0.29) is 17.9 Å². The van der Waals surface area contributed by atoms with Gasteiger partial charge >= 0.3 is 5.97 Å². The van der Waals surface area contributed by atoms with Crippen molar-refractivity contribution in [3.05, 3.63) is 53.0 Å². The van der Waals surface area contributed by atoms with E-state index in [1.165, 1.54) is 13.2 Å². The molecule has 110 valence electrons. The van der Waals surface area contributed by atoms with Gasteiger partial charge < -0.3 is 20.2 Å². The highest BCUT2D eigenvalue weighted by Crippen LogP contribution is 2.20. The zero-order valence-corrected chi connectivity index (χ0v) is 11.8. The van der Waals surface area contributed by atoms with E-state index in [2.05, 4.69) is 5.32 Å². The van der Waals surface area contributed by atoms with Crippen LogP contribution >= 0.6 is 0 Å². The molecule has 3 N–H and O–H groups in total. The van der Waals surface area contributed by atoms with E-state index in [1.54, 1.807) is 24.3 Å². The van der Waals surface area contributed by atoms with Crippen molar-refractivity contribution in [1.82, 2.24) is 0 Å². The number of ether oxygens (including phenoxy) is 1. The molecular weight excluding hydrogens is 272 g/mol. The lowest BCUT2D eigenvalue weighted by atomic mass is 10.1. The van der Waals surface area contributed by atoms with Gasteiger partial charge in [-0.3, -0.25) is 4.79 Å². The predicted octanol–water partition coefficient (Wildman–Crippen LogP) is 2.09. The summed E-state index contributed by atoms with van der Waals surface area (Å²) >= 11 is 0. The summed E-state index contributed by atoms with van der Waals surface area (Å²) in [5.41, 5.74) is 6.97. The van der Waals surface area contributed by atoms with Crippen LogP contribution in [0.1, 0.15) is 32.2 Å². The second-order valence-electron chi connectivity index (χ2n) is 4.46. The van der Waals surface area contributed by atoms with Gasteiger partial charge in [-0.05, 0) is 31.2 Å². The van der Waals surface area contributed by atoms with Gasteiger partial charge in [-0.15, -0.1) is 0 Å². The van der Waals surface area contributed by atoms with Crippen molar-refractivity contribution >= 4 is 17.6 Å². The number of benzene rings is 1. The molecule has 0 bridgehead atoms. The van der Waals surface area contributed by atoms with Crippen LogP contribution in [0, 0.1) is 6.92 Å². The summed E-state index contributed by atoms with van der Waals surface area (Å²) < 4.78 is 9.97. The van der Waals surface area contributed by atoms with Crippen molar-refractivity contribution in [2.24, 2.45) is 5.73 Å². The Hall–Kier alpha value is -2.60. The van der Waals surface area contributed by atoms with Crippen molar-refractivity contribution in [3.63, 3.8) is 0 Å². The number of anilines is 1. The number of nitrogens with one attached hydrogen (secondary N) is 1. The zero-order valence-electron chi connectivity index (χ0n) is 11.8. The number of rotatable bonds is 4. The van der Waals surface area contributed by atoms with Crippen LogP contribution in [-0.2, 0) is 11.3 Å². The Bertz CT molecular complexity index is 676. The number of carbonyl (C=O) groups excluding carboxylic acids is 2. The second kappa shape index (κ2) is 6.23. The van der Waals surface area contributed by atoms with Crippen molar-refractivity contribution in [1.29, 1.82) is 0 Å². The molecule has 0 aliphatic carbocycles. The first kappa shape index (κ1) is 14.8. The van der Waals surface area contributed by atoms with Gasteiger partial charge in [0.25, 0.3) is 5.91 Å². The first-order chi connectivity index (χ1) is 10.0. The maximum Gasteiger partial charge on any atom is 0.339 e. The second-order valence-corrected chi connectivity index (χ2v) is 4.46. The molecule has 0 aliphatic heterocycles. The molecule has 1 amide bonds. The first-order valence-electron chi connectivity index (χ1n) is 6.34. The molecule has 0 saturated carbocycles. The van der Waals surface area contributed by atoms with E-state index in [0.29, 0.717) is 11.4 Å². The van der Waals surface area contributed by atoms with E-state index < -0.39 is 11.9 Å². The van der Waals surface area contributed by atoms with E-state index in [1.807, 2.05) is 6.92 Å². The number of amides is 1. The van der Waals surface area contributed by atoms with Crippen LogP contribution in [0.25, 0.3) is 0 Å². The summed E-state index contributed by atoms with van der Waals surface area (Å²) in [6, 6.07) is 8.24. The van der Waals surface area contributed by atoms with E-state index in [9.17, 15) is 9.59 Å². The average molecular weight is 288 g/mol. The monoisotopic (exact) mass is 288 g/mol. The largest absolute Gasteiger partial charge is 0.465 e. The summed E-state index contributed by atoms with van der Waals surface area (Å²) in [5, 5.41) is 2.63. The standard InChI is InChI=1S/C15H16N2O4/c1-9-3-5-12(11(7-9)15(19)20-2)17-14(18)13-6-4-10(8-16)21-13/h3-7H,8,16H2,1-2H3,(H,17,18). The molecule has 1 heterocycles. The first-order valence-corrected chi connectivity index (χ1v) is 6.34. The van der Waals surface area contributed by atoms with Gasteiger partial charge in [0.2, 0.25) is 0 Å². The number of furan rings is 1. The van der Waals surface area contributed by atoms with Gasteiger partial charge in [-0.2, -0.15) is 0 Å². The fourth-order valence-corrected chi connectivity index (χ4v) is 1.84. The number of esters is 1. The topological polar surface area (TPSA) is 94.6 Å². The number of hydrogen-bond donors (Lipinski definition) is 2. The molecule has 0 aliphatic rings. The highest BCUT2D eigenvalue weighted by molar-refractivity contribution is 6.06. The Morgan fingerprint density at radius 3 is 2.67 bits per heavy atom. The Labute approximate surface area is 121 Å². The summed E-state index contributed by atoms with van der Waals surface area (Å²) in [7, 11) is 1.29. The van der Waals surface area contributed by atoms with Crippen LogP contribution < -0.4 is 11.1 Å². The summed E-state index contributed by atoms with van der Waals surface area (Å²) in [4.78, 5) is 23.8. The number of aryl methyl sites for hydroxylation is 1. The molecule has 0 unspecified atom stereocenters. The van der Waals surface area contributed by atoms with Crippen LogP contribution in [0.15, 0.2) is 34.7 Å². The van der Waals surface area contributed by atoms with Gasteiger partial charge in [0.1, 0.15) is 5.76 Å². The fraction of sp³-hybridized carbons (Fsp3) is 0.200. The maximum atomic E-state index is 12.1. The van der Waals surface area contributed by atoms with Crippen molar-refractivity contribution < 1.29 is 18.7 Å². The summed E-state index contributed by atoms with van der Waals surface area (Å²) in [6.45, 7) is 2.06. The molecule has 6 nitrogen and oxygen atoms in total. The minimum absolute atomic E-state index is 0.131. The Kier molecular flexibility index (Phi) is 4.39. The Morgan fingerprint density at radius 2 is 2.05 bits per heavy atom. The van der Waals surface area contributed by atoms with Gasteiger partial charge in [0, 0.05) is 0 Å². The molecule has 2 rings (SSSR count). The van der Waals surface area contributed by atoms with Gasteiger partial charge in [0.15, 0.2) is 5.76 Å². The highest BCUT2D eigenvalue weighted by atomic mass is 16.5.